The summed E-state index contributed by atoms with van der Waals surface area (Å²) in [6, 6.07) is 8.26. The van der Waals surface area contributed by atoms with Gasteiger partial charge in [0.2, 0.25) is 5.13 Å². The van der Waals surface area contributed by atoms with E-state index in [0.29, 0.717) is 6.54 Å². The lowest BCUT2D eigenvalue weighted by molar-refractivity contribution is 0.555. The summed E-state index contributed by atoms with van der Waals surface area (Å²) in [5.41, 5.74) is 7.80. The normalized spacial score (nSPS) is 11.6. The van der Waals surface area contributed by atoms with Crippen LogP contribution in [0.15, 0.2) is 24.3 Å². The summed E-state index contributed by atoms with van der Waals surface area (Å²) in [5.74, 6) is 0.875. The van der Waals surface area contributed by atoms with Crippen molar-refractivity contribution < 1.29 is 0 Å². The lowest BCUT2D eigenvalue weighted by atomic mass is 9.96. The van der Waals surface area contributed by atoms with Crippen molar-refractivity contribution in [2.24, 2.45) is 5.73 Å². The third-order valence-corrected chi connectivity index (χ3v) is 3.37. The summed E-state index contributed by atoms with van der Waals surface area (Å²) < 4.78 is 4.38. The Bertz CT molecular complexity index is 525. The molecule has 2 rings (SSSR count). The molecule has 5 heteroatoms. The zero-order valence-electron chi connectivity index (χ0n) is 11.6. The Labute approximate surface area is 118 Å². The quantitative estimate of drug-likeness (QED) is 0.900. The van der Waals surface area contributed by atoms with Crippen LogP contribution in [0.4, 0.5) is 10.8 Å². The van der Waals surface area contributed by atoms with E-state index in [0.717, 1.165) is 23.1 Å². The van der Waals surface area contributed by atoms with Gasteiger partial charge in [-0.25, -0.2) is 4.98 Å². The highest BCUT2D eigenvalue weighted by Gasteiger charge is 2.19. The van der Waals surface area contributed by atoms with Crippen LogP contribution in [0.25, 0.3) is 0 Å². The van der Waals surface area contributed by atoms with E-state index in [-0.39, 0.29) is 5.41 Å². The molecule has 4 nitrogen and oxygen atoms in total. The second-order valence-corrected chi connectivity index (χ2v) is 6.29. The van der Waals surface area contributed by atoms with Crippen LogP contribution in [0.3, 0.4) is 0 Å². The molecule has 0 saturated heterocycles. The lowest BCUT2D eigenvalue weighted by Gasteiger charge is -2.12. The van der Waals surface area contributed by atoms with Gasteiger partial charge in [0.05, 0.1) is 0 Å². The van der Waals surface area contributed by atoms with Crippen molar-refractivity contribution >= 4 is 22.4 Å². The van der Waals surface area contributed by atoms with Crippen molar-refractivity contribution in [1.29, 1.82) is 0 Å². The summed E-state index contributed by atoms with van der Waals surface area (Å²) in [6.07, 6.45) is 0.910. The molecule has 0 atom stereocenters. The monoisotopic (exact) mass is 276 g/mol. The second-order valence-electron chi connectivity index (χ2n) is 5.53. The van der Waals surface area contributed by atoms with Gasteiger partial charge in [-0.05, 0) is 30.7 Å². The maximum absolute atomic E-state index is 5.53. The Morgan fingerprint density at radius 1 is 1.21 bits per heavy atom. The molecule has 0 radical (unpaired) electrons. The first kappa shape index (κ1) is 14.0. The number of rotatable bonds is 4. The van der Waals surface area contributed by atoms with E-state index in [9.17, 15) is 0 Å². The van der Waals surface area contributed by atoms with Crippen LogP contribution in [-0.4, -0.2) is 15.9 Å². The molecule has 0 fully saturated rings. The third kappa shape index (κ3) is 3.75. The first-order valence-electron chi connectivity index (χ1n) is 6.39. The number of nitrogens with two attached hydrogens (primary N) is 1. The molecule has 0 spiro atoms. The van der Waals surface area contributed by atoms with Gasteiger partial charge in [0, 0.05) is 22.6 Å². The molecule has 1 aromatic heterocycles. The molecule has 0 bridgehead atoms. The lowest BCUT2D eigenvalue weighted by Crippen LogP contribution is -2.13. The fourth-order valence-corrected chi connectivity index (χ4v) is 2.40. The molecule has 0 aliphatic rings. The Kier molecular flexibility index (Phi) is 4.17. The van der Waals surface area contributed by atoms with Gasteiger partial charge in [-0.1, -0.05) is 32.9 Å². The van der Waals surface area contributed by atoms with E-state index in [4.69, 9.17) is 5.73 Å². The fourth-order valence-electron chi connectivity index (χ4n) is 1.62. The van der Waals surface area contributed by atoms with Crippen LogP contribution < -0.4 is 11.1 Å². The van der Waals surface area contributed by atoms with Crippen LogP contribution in [-0.2, 0) is 11.8 Å². The zero-order chi connectivity index (χ0) is 13.9. The molecule has 0 aliphatic heterocycles. The van der Waals surface area contributed by atoms with E-state index in [1.165, 1.54) is 17.1 Å². The topological polar surface area (TPSA) is 63.8 Å². The molecule has 3 N–H and O–H groups in total. The summed E-state index contributed by atoms with van der Waals surface area (Å²) in [5, 5.41) is 4.11. The summed E-state index contributed by atoms with van der Waals surface area (Å²) in [4.78, 5) is 4.51. The van der Waals surface area contributed by atoms with Crippen LogP contribution in [0.2, 0.25) is 0 Å². The second kappa shape index (κ2) is 5.67. The number of hydrogen-bond acceptors (Lipinski definition) is 5. The van der Waals surface area contributed by atoms with Gasteiger partial charge >= 0.3 is 0 Å². The van der Waals surface area contributed by atoms with E-state index >= 15 is 0 Å². The van der Waals surface area contributed by atoms with Gasteiger partial charge in [-0.2, -0.15) is 4.37 Å². The minimum Gasteiger partial charge on any atom is -0.330 e. The van der Waals surface area contributed by atoms with Gasteiger partial charge in [0.1, 0.15) is 5.82 Å². The molecule has 0 saturated carbocycles. The molecule has 19 heavy (non-hydrogen) atoms. The fraction of sp³-hybridized carbons (Fsp3) is 0.429. The highest BCUT2D eigenvalue weighted by molar-refractivity contribution is 7.09. The number of nitrogens with zero attached hydrogens (tertiary/aromatic N) is 2. The Morgan fingerprint density at radius 2 is 1.89 bits per heavy atom. The predicted octanol–water partition coefficient (Wildman–Crippen LogP) is 3.08. The molecule has 0 unspecified atom stereocenters. The average Bonchev–Trinajstić information content (AvgIpc) is 2.80. The molecule has 0 amide bonds. The van der Waals surface area contributed by atoms with Crippen LogP contribution in [0.5, 0.6) is 0 Å². The maximum atomic E-state index is 5.53. The molecule has 1 aromatic carbocycles. The van der Waals surface area contributed by atoms with Gasteiger partial charge < -0.3 is 11.1 Å². The smallest absolute Gasteiger partial charge is 0.207 e. The Morgan fingerprint density at radius 3 is 2.42 bits per heavy atom. The zero-order valence-corrected chi connectivity index (χ0v) is 12.4. The summed E-state index contributed by atoms with van der Waals surface area (Å²) in [7, 11) is 0. The standard InChI is InChI=1S/C14H20N4S/c1-14(2,3)12-17-13(19-18-12)16-11-6-4-10(5-7-11)8-9-15/h4-7H,8-9,15H2,1-3H3,(H,16,17,18). The highest BCUT2D eigenvalue weighted by Crippen LogP contribution is 2.25. The van der Waals surface area contributed by atoms with Crippen molar-refractivity contribution in [2.45, 2.75) is 32.6 Å². The molecular formula is C14H20N4S. The minimum atomic E-state index is -0.0125. The summed E-state index contributed by atoms with van der Waals surface area (Å²) in [6.45, 7) is 7.01. The first-order valence-corrected chi connectivity index (χ1v) is 7.16. The van der Waals surface area contributed by atoms with Gasteiger partial charge in [0.25, 0.3) is 0 Å². The average molecular weight is 276 g/mol. The van der Waals surface area contributed by atoms with E-state index in [2.05, 4.69) is 47.6 Å². The first-order chi connectivity index (χ1) is 8.99. The van der Waals surface area contributed by atoms with Crippen molar-refractivity contribution in [2.75, 3.05) is 11.9 Å². The third-order valence-electron chi connectivity index (χ3n) is 2.74. The van der Waals surface area contributed by atoms with Crippen LogP contribution in [0.1, 0.15) is 32.2 Å². The van der Waals surface area contributed by atoms with Crippen molar-refractivity contribution in [3.63, 3.8) is 0 Å². The number of nitrogens with one attached hydrogen (secondary N) is 1. The highest BCUT2D eigenvalue weighted by atomic mass is 32.1. The van der Waals surface area contributed by atoms with Crippen molar-refractivity contribution in [1.82, 2.24) is 9.36 Å². The Hall–Kier alpha value is -1.46. The van der Waals surface area contributed by atoms with Crippen molar-refractivity contribution in [3.05, 3.63) is 35.7 Å². The molecule has 102 valence electrons. The predicted molar refractivity (Wildman–Crippen MR) is 81.1 cm³/mol. The summed E-state index contributed by atoms with van der Waals surface area (Å²) >= 11 is 1.39. The van der Waals surface area contributed by atoms with E-state index in [1.54, 1.807) is 0 Å². The minimum absolute atomic E-state index is 0.0125. The maximum Gasteiger partial charge on any atom is 0.207 e. The molecule has 1 heterocycles. The molecular weight excluding hydrogens is 256 g/mol. The Balaban J connectivity index is 2.06. The van der Waals surface area contributed by atoms with E-state index < -0.39 is 0 Å². The number of benzene rings is 1. The molecule has 2 aromatic rings. The van der Waals surface area contributed by atoms with Crippen LogP contribution >= 0.6 is 11.5 Å². The van der Waals surface area contributed by atoms with Gasteiger partial charge in [0.15, 0.2) is 0 Å². The van der Waals surface area contributed by atoms with Gasteiger partial charge in [-0.3, -0.25) is 0 Å². The number of aromatic nitrogens is 2. The van der Waals surface area contributed by atoms with Crippen molar-refractivity contribution in [3.8, 4) is 0 Å². The number of anilines is 2. The van der Waals surface area contributed by atoms with E-state index in [1.807, 2.05) is 12.1 Å². The SMILES string of the molecule is CC(C)(C)c1nsc(Nc2ccc(CCN)cc2)n1. The van der Waals surface area contributed by atoms with Gasteiger partial charge in [-0.15, -0.1) is 0 Å². The number of hydrogen-bond donors (Lipinski definition) is 2. The largest absolute Gasteiger partial charge is 0.330 e. The molecule has 0 aliphatic carbocycles. The van der Waals surface area contributed by atoms with Crippen LogP contribution in [0, 0.1) is 0 Å².